The van der Waals surface area contributed by atoms with Crippen molar-refractivity contribution < 1.29 is 14.3 Å². The number of halogens is 1. The zero-order chi connectivity index (χ0) is 19.9. The molecule has 2 aromatic rings. The minimum absolute atomic E-state index is 0.0355. The molecule has 0 bridgehead atoms. The second-order valence-electron chi connectivity index (χ2n) is 7.30. The largest absolute Gasteiger partial charge is 0.465 e. The highest BCUT2D eigenvalue weighted by molar-refractivity contribution is 6.31. The van der Waals surface area contributed by atoms with Crippen molar-refractivity contribution in [2.75, 3.05) is 6.61 Å². The van der Waals surface area contributed by atoms with Gasteiger partial charge in [-0.3, -0.25) is 14.6 Å². The molecule has 1 saturated carbocycles. The Hall–Kier alpha value is -2.20. The van der Waals surface area contributed by atoms with E-state index in [1.807, 2.05) is 6.07 Å². The Bertz CT molecular complexity index is 801. The molecule has 148 valence electrons. The van der Waals surface area contributed by atoms with Crippen LogP contribution in [0.3, 0.4) is 0 Å². The van der Waals surface area contributed by atoms with Crippen LogP contribution >= 0.6 is 11.6 Å². The molecule has 0 radical (unpaired) electrons. The standard InChI is InChI=1S/C23H26ClNO3/c1-2-28-23(27)19(15-21-20(24)9-6-14-25-21)22(26)18-12-10-17(11-13-18)16-7-4-3-5-8-16/h3-9,14,17-19H,2,10-13,15H2,1H3/t17-,18-,19?. The number of ketones is 1. The SMILES string of the molecule is CCOC(=O)C(Cc1ncccc1Cl)C(=O)[C@H]1CC[C@H](c2ccccc2)CC1. The molecule has 0 amide bonds. The van der Waals surface area contributed by atoms with Gasteiger partial charge in [-0.1, -0.05) is 41.9 Å². The van der Waals surface area contributed by atoms with E-state index in [2.05, 4.69) is 29.2 Å². The van der Waals surface area contributed by atoms with Crippen LogP contribution in [0.15, 0.2) is 48.7 Å². The Morgan fingerprint density at radius 2 is 1.82 bits per heavy atom. The maximum atomic E-state index is 13.2. The molecule has 1 fully saturated rings. The molecular formula is C23H26ClNO3. The van der Waals surface area contributed by atoms with E-state index in [4.69, 9.17) is 16.3 Å². The van der Waals surface area contributed by atoms with Crippen LogP contribution in [0.5, 0.6) is 0 Å². The van der Waals surface area contributed by atoms with Crippen LogP contribution in [-0.4, -0.2) is 23.3 Å². The van der Waals surface area contributed by atoms with Gasteiger partial charge in [0.1, 0.15) is 5.92 Å². The van der Waals surface area contributed by atoms with E-state index >= 15 is 0 Å². The van der Waals surface area contributed by atoms with Gasteiger partial charge in [0.2, 0.25) is 0 Å². The van der Waals surface area contributed by atoms with Crippen molar-refractivity contribution in [1.82, 2.24) is 4.98 Å². The summed E-state index contributed by atoms with van der Waals surface area (Å²) < 4.78 is 5.19. The van der Waals surface area contributed by atoms with Gasteiger partial charge in [0.05, 0.1) is 17.3 Å². The summed E-state index contributed by atoms with van der Waals surface area (Å²) in [7, 11) is 0. The fourth-order valence-electron chi connectivity index (χ4n) is 4.03. The number of nitrogens with zero attached hydrogens (tertiary/aromatic N) is 1. The van der Waals surface area contributed by atoms with Gasteiger partial charge in [-0.15, -0.1) is 0 Å². The highest BCUT2D eigenvalue weighted by Gasteiger charge is 2.36. The third-order valence-electron chi connectivity index (χ3n) is 5.55. The molecule has 0 N–H and O–H groups in total. The number of carbonyl (C=O) groups is 2. The zero-order valence-electron chi connectivity index (χ0n) is 16.1. The van der Waals surface area contributed by atoms with Crippen LogP contribution in [0.1, 0.15) is 49.8 Å². The van der Waals surface area contributed by atoms with Crippen molar-refractivity contribution in [3.63, 3.8) is 0 Å². The summed E-state index contributed by atoms with van der Waals surface area (Å²) in [5.41, 5.74) is 1.89. The molecule has 28 heavy (non-hydrogen) atoms. The first-order chi connectivity index (χ1) is 13.6. The summed E-state index contributed by atoms with van der Waals surface area (Å²) in [4.78, 5) is 30.0. The number of hydrogen-bond acceptors (Lipinski definition) is 4. The number of ether oxygens (including phenoxy) is 1. The average Bonchev–Trinajstić information content (AvgIpc) is 2.73. The minimum Gasteiger partial charge on any atom is -0.465 e. The molecule has 1 aliphatic carbocycles. The summed E-state index contributed by atoms with van der Waals surface area (Å²) in [6.07, 6.45) is 5.32. The smallest absolute Gasteiger partial charge is 0.316 e. The van der Waals surface area contributed by atoms with Crippen LogP contribution in [0.25, 0.3) is 0 Å². The molecule has 0 aliphatic heterocycles. The molecule has 1 unspecified atom stereocenters. The number of Topliss-reactive ketones (excluding diaryl/α,β-unsaturated/α-hetero) is 1. The fourth-order valence-corrected chi connectivity index (χ4v) is 4.22. The number of rotatable bonds is 7. The summed E-state index contributed by atoms with van der Waals surface area (Å²) in [6, 6.07) is 13.9. The van der Waals surface area contributed by atoms with Crippen LogP contribution < -0.4 is 0 Å². The number of esters is 1. The van der Waals surface area contributed by atoms with Crippen molar-refractivity contribution in [3.8, 4) is 0 Å². The summed E-state index contributed by atoms with van der Waals surface area (Å²) >= 11 is 6.20. The molecule has 0 saturated heterocycles. The minimum atomic E-state index is -0.842. The van der Waals surface area contributed by atoms with Crippen LogP contribution in [-0.2, 0) is 20.7 Å². The van der Waals surface area contributed by atoms with E-state index in [1.54, 1.807) is 25.3 Å². The number of aromatic nitrogens is 1. The lowest BCUT2D eigenvalue weighted by molar-refractivity contribution is -0.152. The van der Waals surface area contributed by atoms with Gasteiger partial charge in [-0.25, -0.2) is 0 Å². The van der Waals surface area contributed by atoms with Crippen molar-refractivity contribution in [1.29, 1.82) is 0 Å². The van der Waals surface area contributed by atoms with Crippen molar-refractivity contribution in [3.05, 3.63) is 64.9 Å². The molecule has 5 heteroatoms. The lowest BCUT2D eigenvalue weighted by atomic mass is 9.74. The van der Waals surface area contributed by atoms with E-state index < -0.39 is 11.9 Å². The third-order valence-corrected chi connectivity index (χ3v) is 5.89. The van der Waals surface area contributed by atoms with Gasteiger partial charge in [0.15, 0.2) is 5.78 Å². The third kappa shape index (κ3) is 4.99. The second kappa shape index (κ2) is 9.83. The number of benzene rings is 1. The Balaban J connectivity index is 1.69. The first-order valence-corrected chi connectivity index (χ1v) is 10.3. The van der Waals surface area contributed by atoms with Crippen LogP contribution in [0.4, 0.5) is 0 Å². The van der Waals surface area contributed by atoms with Crippen LogP contribution in [0, 0.1) is 11.8 Å². The Morgan fingerprint density at radius 3 is 2.46 bits per heavy atom. The summed E-state index contributed by atoms with van der Waals surface area (Å²) in [5, 5.41) is 0.470. The second-order valence-corrected chi connectivity index (χ2v) is 7.71. The Morgan fingerprint density at radius 1 is 1.11 bits per heavy atom. The van der Waals surface area contributed by atoms with E-state index in [0.29, 0.717) is 16.6 Å². The molecule has 1 aromatic heterocycles. The molecular weight excluding hydrogens is 374 g/mol. The Kier molecular flexibility index (Phi) is 7.21. The summed E-state index contributed by atoms with van der Waals surface area (Å²) in [5.74, 6) is -0.981. The first kappa shape index (κ1) is 20.5. The highest BCUT2D eigenvalue weighted by Crippen LogP contribution is 2.37. The average molecular weight is 400 g/mol. The van der Waals surface area contributed by atoms with Crippen LogP contribution in [0.2, 0.25) is 5.02 Å². The lowest BCUT2D eigenvalue weighted by Crippen LogP contribution is -2.35. The molecule has 3 rings (SSSR count). The number of pyridine rings is 1. The monoisotopic (exact) mass is 399 g/mol. The molecule has 1 atom stereocenters. The fraction of sp³-hybridized carbons (Fsp3) is 0.435. The molecule has 1 aromatic carbocycles. The predicted octanol–water partition coefficient (Wildman–Crippen LogP) is 5.00. The van der Waals surface area contributed by atoms with E-state index in [9.17, 15) is 9.59 Å². The molecule has 1 heterocycles. The predicted molar refractivity (Wildman–Crippen MR) is 109 cm³/mol. The molecule has 0 spiro atoms. The van der Waals surface area contributed by atoms with Gasteiger partial charge in [-0.05, 0) is 56.2 Å². The van der Waals surface area contributed by atoms with Gasteiger partial charge >= 0.3 is 5.97 Å². The zero-order valence-corrected chi connectivity index (χ0v) is 16.9. The maximum absolute atomic E-state index is 13.2. The van der Waals surface area contributed by atoms with Crippen molar-refractivity contribution in [2.24, 2.45) is 11.8 Å². The highest BCUT2D eigenvalue weighted by atomic mass is 35.5. The van der Waals surface area contributed by atoms with Crippen molar-refractivity contribution >= 4 is 23.4 Å². The molecule has 1 aliphatic rings. The van der Waals surface area contributed by atoms with E-state index in [-0.39, 0.29) is 24.7 Å². The summed E-state index contributed by atoms with van der Waals surface area (Å²) in [6.45, 7) is 2.00. The quantitative estimate of drug-likeness (QED) is 0.485. The van der Waals surface area contributed by atoms with Gasteiger partial charge in [-0.2, -0.15) is 0 Å². The van der Waals surface area contributed by atoms with Gasteiger partial charge < -0.3 is 4.74 Å². The topological polar surface area (TPSA) is 56.3 Å². The van der Waals surface area contributed by atoms with Crippen molar-refractivity contribution in [2.45, 2.75) is 44.9 Å². The maximum Gasteiger partial charge on any atom is 0.316 e. The van der Waals surface area contributed by atoms with Gasteiger partial charge in [0.25, 0.3) is 0 Å². The first-order valence-electron chi connectivity index (χ1n) is 9.94. The van der Waals surface area contributed by atoms with Gasteiger partial charge in [0, 0.05) is 18.5 Å². The number of carbonyl (C=O) groups excluding carboxylic acids is 2. The Labute approximate surface area is 171 Å². The normalized spacial score (nSPS) is 20.4. The van der Waals surface area contributed by atoms with E-state index in [0.717, 1.165) is 25.7 Å². The lowest BCUT2D eigenvalue weighted by Gasteiger charge is -2.29. The molecule has 4 nitrogen and oxygen atoms in total. The number of hydrogen-bond donors (Lipinski definition) is 0. The van der Waals surface area contributed by atoms with E-state index in [1.165, 1.54) is 5.56 Å².